The van der Waals surface area contributed by atoms with Crippen molar-refractivity contribution < 1.29 is 0 Å². The molecule has 0 aliphatic carbocycles. The van der Waals surface area contributed by atoms with Crippen LogP contribution >= 0.6 is 31.9 Å². The maximum absolute atomic E-state index is 3.66. The monoisotopic (exact) mass is 317 g/mol. The Morgan fingerprint density at radius 2 is 2.14 bits per heavy atom. The van der Waals surface area contributed by atoms with Crippen LogP contribution in [0.5, 0.6) is 0 Å². The molecule has 1 nitrogen and oxygen atoms in total. The molecule has 1 unspecified atom stereocenters. The highest BCUT2D eigenvalue weighted by Gasteiger charge is 2.20. The van der Waals surface area contributed by atoms with Gasteiger partial charge in [-0.3, -0.25) is 4.90 Å². The van der Waals surface area contributed by atoms with Crippen molar-refractivity contribution in [2.24, 2.45) is 0 Å². The quantitative estimate of drug-likeness (QED) is 0.755. The first kappa shape index (κ1) is 10.7. The van der Waals surface area contributed by atoms with Crippen molar-refractivity contribution in [1.29, 1.82) is 0 Å². The number of rotatable bonds is 2. The van der Waals surface area contributed by atoms with Crippen molar-refractivity contribution >= 4 is 31.9 Å². The fraction of sp³-hybridized carbons (Fsp3) is 0.455. The topological polar surface area (TPSA) is 3.24 Å². The summed E-state index contributed by atoms with van der Waals surface area (Å²) in [7, 11) is 0. The van der Waals surface area contributed by atoms with Gasteiger partial charge >= 0.3 is 0 Å². The molecule has 1 aromatic carbocycles. The lowest BCUT2D eigenvalue weighted by atomic mass is 10.2. The van der Waals surface area contributed by atoms with Crippen LogP contribution in [0.4, 0.5) is 0 Å². The van der Waals surface area contributed by atoms with Crippen molar-refractivity contribution in [3.63, 3.8) is 0 Å². The van der Waals surface area contributed by atoms with E-state index >= 15 is 0 Å². The Labute approximate surface area is 102 Å². The van der Waals surface area contributed by atoms with Crippen LogP contribution in [0.25, 0.3) is 0 Å². The van der Waals surface area contributed by atoms with Gasteiger partial charge in [0.25, 0.3) is 0 Å². The third-order valence-corrected chi connectivity index (χ3v) is 4.09. The van der Waals surface area contributed by atoms with E-state index in [0.717, 1.165) is 6.54 Å². The van der Waals surface area contributed by atoms with E-state index in [1.807, 2.05) is 0 Å². The summed E-state index contributed by atoms with van der Waals surface area (Å²) in [5.74, 6) is 0. The van der Waals surface area contributed by atoms with E-state index in [2.05, 4.69) is 61.0 Å². The molecule has 0 bridgehead atoms. The fourth-order valence-electron chi connectivity index (χ4n) is 1.80. The Bertz CT molecular complexity index is 314. The van der Waals surface area contributed by atoms with Crippen molar-refractivity contribution in [1.82, 2.24) is 4.90 Å². The van der Waals surface area contributed by atoms with Gasteiger partial charge in [-0.15, -0.1) is 0 Å². The number of halogens is 2. The number of hydrogen-bond acceptors (Lipinski definition) is 1. The van der Waals surface area contributed by atoms with Crippen LogP contribution in [-0.4, -0.2) is 22.8 Å². The maximum atomic E-state index is 3.66. The lowest BCUT2D eigenvalue weighted by molar-refractivity contribution is 0.332. The summed E-state index contributed by atoms with van der Waals surface area (Å²) in [6, 6.07) is 8.45. The minimum absolute atomic E-state index is 0.685. The smallest absolute Gasteiger partial charge is 0.0285 e. The molecule has 0 saturated carbocycles. The largest absolute Gasteiger partial charge is 0.298 e. The zero-order valence-corrected chi connectivity index (χ0v) is 11.1. The molecule has 1 aliphatic rings. The number of hydrogen-bond donors (Lipinski definition) is 0. The van der Waals surface area contributed by atoms with Gasteiger partial charge in [0.15, 0.2) is 0 Å². The molecule has 1 heterocycles. The minimum Gasteiger partial charge on any atom is -0.298 e. The summed E-state index contributed by atoms with van der Waals surface area (Å²) in [4.78, 5) is 3.17. The Hall–Kier alpha value is 0.140. The van der Waals surface area contributed by atoms with Crippen molar-refractivity contribution in [2.45, 2.75) is 17.8 Å². The predicted octanol–water partition coefficient (Wildman–Crippen LogP) is 3.42. The van der Waals surface area contributed by atoms with Gasteiger partial charge in [-0.25, -0.2) is 0 Å². The van der Waals surface area contributed by atoms with E-state index in [1.54, 1.807) is 0 Å². The minimum atomic E-state index is 0.685. The molecular formula is C11H13Br2N. The molecule has 1 atom stereocenters. The Kier molecular flexibility index (Phi) is 3.63. The molecule has 14 heavy (non-hydrogen) atoms. The molecule has 2 rings (SSSR count). The second-order valence-electron chi connectivity index (χ2n) is 3.71. The molecule has 76 valence electrons. The van der Waals surface area contributed by atoms with Crippen LogP contribution in [0, 0.1) is 0 Å². The molecule has 1 fully saturated rings. The lowest BCUT2D eigenvalue weighted by Crippen LogP contribution is -2.20. The average Bonchev–Trinajstić information content (AvgIpc) is 2.56. The first-order chi connectivity index (χ1) is 6.75. The molecule has 0 aromatic heterocycles. The van der Waals surface area contributed by atoms with Crippen LogP contribution in [0.1, 0.15) is 12.0 Å². The fourth-order valence-corrected chi connectivity index (χ4v) is 2.82. The Morgan fingerprint density at radius 1 is 1.36 bits per heavy atom. The maximum Gasteiger partial charge on any atom is 0.0285 e. The van der Waals surface area contributed by atoms with Crippen molar-refractivity contribution in [3.8, 4) is 0 Å². The Balaban J connectivity index is 2.01. The number of likely N-dealkylation sites (tertiary alicyclic amines) is 1. The second kappa shape index (κ2) is 4.77. The standard InChI is InChI=1S/C11H13Br2N/c12-10-5-6-14(8-10)7-9-3-1-2-4-11(9)13/h1-4,10H,5-8H2. The molecule has 0 radical (unpaired) electrons. The summed E-state index contributed by atoms with van der Waals surface area (Å²) in [6.07, 6.45) is 1.27. The predicted molar refractivity (Wildman–Crippen MR) is 66.8 cm³/mol. The van der Waals surface area contributed by atoms with E-state index in [1.165, 1.54) is 29.5 Å². The molecule has 1 saturated heterocycles. The highest BCUT2D eigenvalue weighted by Crippen LogP contribution is 2.22. The zero-order valence-electron chi connectivity index (χ0n) is 7.92. The van der Waals surface area contributed by atoms with Crippen molar-refractivity contribution in [3.05, 3.63) is 34.3 Å². The normalized spacial score (nSPS) is 22.9. The van der Waals surface area contributed by atoms with Gasteiger partial charge < -0.3 is 0 Å². The van der Waals surface area contributed by atoms with Crippen molar-refractivity contribution in [2.75, 3.05) is 13.1 Å². The van der Waals surface area contributed by atoms with Gasteiger partial charge in [0.05, 0.1) is 0 Å². The molecule has 0 spiro atoms. The molecular weight excluding hydrogens is 306 g/mol. The van der Waals surface area contributed by atoms with E-state index in [0.29, 0.717) is 4.83 Å². The van der Waals surface area contributed by atoms with E-state index in [-0.39, 0.29) is 0 Å². The summed E-state index contributed by atoms with van der Waals surface area (Å²) in [5.41, 5.74) is 1.38. The van der Waals surface area contributed by atoms with Crippen LogP contribution in [-0.2, 0) is 6.54 Å². The van der Waals surface area contributed by atoms with Gasteiger partial charge in [0.2, 0.25) is 0 Å². The third-order valence-electron chi connectivity index (χ3n) is 2.57. The summed E-state index contributed by atoms with van der Waals surface area (Å²) in [6.45, 7) is 3.43. The van der Waals surface area contributed by atoms with Gasteiger partial charge in [-0.05, 0) is 24.6 Å². The number of alkyl halides is 1. The molecule has 1 aromatic rings. The summed E-state index contributed by atoms with van der Waals surface area (Å²) < 4.78 is 1.22. The Morgan fingerprint density at radius 3 is 2.79 bits per heavy atom. The SMILES string of the molecule is Brc1ccccc1CN1CCC(Br)C1. The van der Waals surface area contributed by atoms with E-state index in [9.17, 15) is 0 Å². The van der Waals surface area contributed by atoms with E-state index in [4.69, 9.17) is 0 Å². The van der Waals surface area contributed by atoms with Crippen LogP contribution < -0.4 is 0 Å². The number of nitrogens with zero attached hydrogens (tertiary/aromatic N) is 1. The van der Waals surface area contributed by atoms with Gasteiger partial charge in [-0.1, -0.05) is 50.1 Å². The molecule has 0 amide bonds. The molecule has 1 aliphatic heterocycles. The molecule has 0 N–H and O–H groups in total. The van der Waals surface area contributed by atoms with Crippen LogP contribution in [0.2, 0.25) is 0 Å². The van der Waals surface area contributed by atoms with Gasteiger partial charge in [-0.2, -0.15) is 0 Å². The first-order valence-electron chi connectivity index (χ1n) is 4.85. The van der Waals surface area contributed by atoms with Gasteiger partial charge in [0.1, 0.15) is 0 Å². The number of benzene rings is 1. The van der Waals surface area contributed by atoms with Crippen LogP contribution in [0.3, 0.4) is 0 Å². The lowest BCUT2D eigenvalue weighted by Gasteiger charge is -2.15. The zero-order chi connectivity index (χ0) is 9.97. The van der Waals surface area contributed by atoms with Crippen LogP contribution in [0.15, 0.2) is 28.7 Å². The summed E-state index contributed by atoms with van der Waals surface area (Å²) >= 11 is 7.24. The molecule has 3 heteroatoms. The van der Waals surface area contributed by atoms with Gasteiger partial charge in [0, 0.05) is 22.4 Å². The first-order valence-corrected chi connectivity index (χ1v) is 6.56. The second-order valence-corrected chi connectivity index (χ2v) is 5.86. The highest BCUT2D eigenvalue weighted by atomic mass is 79.9. The average molecular weight is 319 g/mol. The van der Waals surface area contributed by atoms with E-state index < -0.39 is 0 Å². The third kappa shape index (κ3) is 2.59. The summed E-state index contributed by atoms with van der Waals surface area (Å²) in [5, 5.41) is 0. The highest BCUT2D eigenvalue weighted by molar-refractivity contribution is 9.10.